The van der Waals surface area contributed by atoms with Crippen LogP contribution in [0.15, 0.2) is 24.3 Å². The number of hydrogen-bond donors (Lipinski definition) is 0. The van der Waals surface area contributed by atoms with Gasteiger partial charge in [0.1, 0.15) is 8.07 Å². The van der Waals surface area contributed by atoms with Crippen LogP contribution in [0.3, 0.4) is 0 Å². The van der Waals surface area contributed by atoms with Crippen LogP contribution in [-0.4, -0.2) is 8.07 Å². The van der Waals surface area contributed by atoms with E-state index >= 15 is 0 Å². The highest BCUT2D eigenvalue weighted by molar-refractivity contribution is 6.83. The summed E-state index contributed by atoms with van der Waals surface area (Å²) < 4.78 is 52.5. The van der Waals surface area contributed by atoms with Gasteiger partial charge in [-0.2, -0.15) is 0 Å². The van der Waals surface area contributed by atoms with Crippen LogP contribution in [0, 0.1) is 11.5 Å². The summed E-state index contributed by atoms with van der Waals surface area (Å²) >= 11 is 0. The number of aryl methyl sites for hydroxylation is 1. The van der Waals surface area contributed by atoms with Crippen molar-refractivity contribution >= 4 is 8.07 Å². The quantitative estimate of drug-likeness (QED) is 0.540. The molecule has 0 spiro atoms. The molecular weight excluding hydrogens is 220 g/mol. The van der Waals surface area contributed by atoms with E-state index in [4.69, 9.17) is 9.60 Å². The van der Waals surface area contributed by atoms with Crippen LogP contribution in [-0.2, 0) is 6.42 Å². The molecule has 0 saturated carbocycles. The van der Waals surface area contributed by atoms with Crippen molar-refractivity contribution in [3.05, 3.63) is 35.4 Å². The fourth-order valence-corrected chi connectivity index (χ4v) is 1.80. The lowest BCUT2D eigenvalue weighted by Gasteiger charge is -2.04. The van der Waals surface area contributed by atoms with Gasteiger partial charge in [0.05, 0.1) is 0 Å². The van der Waals surface area contributed by atoms with Gasteiger partial charge in [-0.05, 0) is 30.5 Å². The highest BCUT2D eigenvalue weighted by Crippen LogP contribution is 2.08. The molecule has 1 aromatic carbocycles. The van der Waals surface area contributed by atoms with Crippen LogP contribution in [0.25, 0.3) is 0 Å². The van der Waals surface area contributed by atoms with Crippen molar-refractivity contribution in [2.24, 2.45) is 0 Å². The normalized spacial score (nSPS) is 19.4. The third-order valence-corrected chi connectivity index (χ3v) is 3.04. The molecule has 17 heavy (non-hydrogen) atoms. The molecule has 0 aliphatic carbocycles. The van der Waals surface area contributed by atoms with Gasteiger partial charge in [0.15, 0.2) is 0 Å². The van der Waals surface area contributed by atoms with Crippen molar-refractivity contribution in [3.63, 3.8) is 0 Å². The molecule has 0 unspecified atom stereocenters. The summed E-state index contributed by atoms with van der Waals surface area (Å²) in [6, 6.07) is 7.37. The molecule has 0 atom stereocenters. The van der Waals surface area contributed by atoms with E-state index in [2.05, 4.69) is 31.1 Å². The van der Waals surface area contributed by atoms with Gasteiger partial charge < -0.3 is 0 Å². The molecule has 0 aromatic heterocycles. The van der Waals surface area contributed by atoms with Gasteiger partial charge >= 0.3 is 0 Å². The van der Waals surface area contributed by atoms with Gasteiger partial charge in [-0.25, -0.2) is 0 Å². The summed E-state index contributed by atoms with van der Waals surface area (Å²) in [6.45, 7) is 3.49. The monoisotopic (exact) mass is 251 g/mol. The standard InChI is InChI=1S/C16H24Si/c1-5-6-7-8-15-9-11-16(12-10-15)13-14-17(2,3)4/h9-12H,5-8H2,1-4H3/i1D3,5D2,6D2. The van der Waals surface area contributed by atoms with E-state index in [9.17, 15) is 0 Å². The first-order valence-electron chi connectivity index (χ1n) is 9.28. The molecular formula is C16H24Si. The van der Waals surface area contributed by atoms with Crippen LogP contribution < -0.4 is 0 Å². The van der Waals surface area contributed by atoms with Gasteiger partial charge in [0, 0.05) is 15.2 Å². The van der Waals surface area contributed by atoms with Crippen molar-refractivity contribution in [2.75, 3.05) is 0 Å². The first-order chi connectivity index (χ1) is 10.7. The Bertz CT molecular complexity index is 613. The largest absolute Gasteiger partial charge is 0.129 e. The Morgan fingerprint density at radius 1 is 1.24 bits per heavy atom. The maximum atomic E-state index is 7.82. The second-order valence-electron chi connectivity index (χ2n) is 5.00. The molecule has 1 rings (SSSR count). The summed E-state index contributed by atoms with van der Waals surface area (Å²) in [5.41, 5.74) is 4.99. The first kappa shape index (κ1) is 6.80. The van der Waals surface area contributed by atoms with E-state index in [1.165, 1.54) is 0 Å². The maximum absolute atomic E-state index is 7.82. The number of benzene rings is 1. The minimum Gasteiger partial charge on any atom is -0.127 e. The summed E-state index contributed by atoms with van der Waals surface area (Å²) in [5.74, 6) is 3.13. The Morgan fingerprint density at radius 3 is 2.53 bits per heavy atom. The molecule has 1 heteroatoms. The highest BCUT2D eigenvalue weighted by atomic mass is 28.3. The topological polar surface area (TPSA) is 0 Å². The molecule has 0 amide bonds. The van der Waals surface area contributed by atoms with Crippen LogP contribution in [0.4, 0.5) is 0 Å². The van der Waals surface area contributed by atoms with Gasteiger partial charge in [-0.15, -0.1) is 5.54 Å². The Morgan fingerprint density at radius 2 is 1.94 bits per heavy atom. The van der Waals surface area contributed by atoms with Crippen LogP contribution in [0.5, 0.6) is 0 Å². The Labute approximate surface area is 117 Å². The molecule has 0 nitrogen and oxygen atoms in total. The van der Waals surface area contributed by atoms with E-state index in [1.807, 2.05) is 24.3 Å². The third-order valence-electron chi connectivity index (χ3n) is 2.16. The zero-order valence-corrected chi connectivity index (χ0v) is 11.7. The molecule has 1 aromatic rings. The van der Waals surface area contributed by atoms with Crippen molar-refractivity contribution in [1.82, 2.24) is 0 Å². The third kappa shape index (κ3) is 6.34. The predicted octanol–water partition coefficient (Wildman–Crippen LogP) is 4.65. The summed E-state index contributed by atoms with van der Waals surface area (Å²) in [4.78, 5) is 0. The van der Waals surface area contributed by atoms with E-state index in [0.717, 1.165) is 11.1 Å². The van der Waals surface area contributed by atoms with Crippen molar-refractivity contribution in [3.8, 4) is 11.5 Å². The average molecular weight is 251 g/mol. The van der Waals surface area contributed by atoms with Gasteiger partial charge in [-0.1, -0.05) is 57.3 Å². The Kier molecular flexibility index (Phi) is 2.67. The van der Waals surface area contributed by atoms with Gasteiger partial charge in [-0.3, -0.25) is 0 Å². The molecule has 0 aliphatic rings. The second-order valence-corrected chi connectivity index (χ2v) is 9.75. The fraction of sp³-hybridized carbons (Fsp3) is 0.500. The molecule has 92 valence electrons. The summed E-state index contributed by atoms with van der Waals surface area (Å²) in [7, 11) is -1.44. The molecule has 0 bridgehead atoms. The second kappa shape index (κ2) is 6.66. The molecule has 0 N–H and O–H groups in total. The smallest absolute Gasteiger partial charge is 0.127 e. The SMILES string of the molecule is [2H]C([2H])([2H])C([2H])([2H])C([2H])([2H])CCc1ccc(C#C[Si](C)(C)C)cc1. The minimum atomic E-state index is -2.99. The van der Waals surface area contributed by atoms with Gasteiger partial charge in [0.2, 0.25) is 0 Å². The highest BCUT2D eigenvalue weighted by Gasteiger charge is 2.07. The predicted molar refractivity (Wildman–Crippen MR) is 79.9 cm³/mol. The molecule has 0 fully saturated rings. The molecule has 0 saturated heterocycles. The minimum absolute atomic E-state index is 0.196. The summed E-state index contributed by atoms with van der Waals surface area (Å²) in [5, 5.41) is 0. The molecule has 0 heterocycles. The zero-order valence-electron chi connectivity index (χ0n) is 17.7. The first-order valence-corrected chi connectivity index (χ1v) is 9.28. The van der Waals surface area contributed by atoms with E-state index < -0.39 is 27.7 Å². The zero-order chi connectivity index (χ0) is 18.8. The van der Waals surface area contributed by atoms with Crippen molar-refractivity contribution < 1.29 is 9.60 Å². The number of rotatable bonds is 4. The van der Waals surface area contributed by atoms with Crippen LogP contribution in [0.1, 0.15) is 46.7 Å². The van der Waals surface area contributed by atoms with E-state index in [-0.39, 0.29) is 12.8 Å². The lowest BCUT2D eigenvalue weighted by Crippen LogP contribution is -2.16. The van der Waals surface area contributed by atoms with E-state index in [1.54, 1.807) is 0 Å². The fourth-order valence-electron chi connectivity index (χ4n) is 1.28. The summed E-state index contributed by atoms with van der Waals surface area (Å²) in [6.07, 6.45) is -5.25. The van der Waals surface area contributed by atoms with Gasteiger partial charge in [0.25, 0.3) is 0 Å². The lowest BCUT2D eigenvalue weighted by molar-refractivity contribution is 0.717. The Balaban J connectivity index is 2.79. The Hall–Kier alpha value is -1.00. The van der Waals surface area contributed by atoms with Crippen molar-refractivity contribution in [1.29, 1.82) is 0 Å². The van der Waals surface area contributed by atoms with Crippen LogP contribution in [0.2, 0.25) is 19.6 Å². The van der Waals surface area contributed by atoms with Crippen molar-refractivity contribution in [2.45, 2.75) is 52.1 Å². The average Bonchev–Trinajstić information content (AvgIpc) is 2.42. The van der Waals surface area contributed by atoms with Crippen LogP contribution >= 0.6 is 0 Å². The lowest BCUT2D eigenvalue weighted by atomic mass is 10.1. The number of hydrogen-bond acceptors (Lipinski definition) is 0. The molecule has 0 radical (unpaired) electrons. The maximum Gasteiger partial charge on any atom is 0.129 e. The van der Waals surface area contributed by atoms with E-state index in [0.29, 0.717) is 0 Å². The molecule has 0 aliphatic heterocycles.